The topological polar surface area (TPSA) is 92.4 Å². The first-order valence-electron chi connectivity index (χ1n) is 5.82. The van der Waals surface area contributed by atoms with Crippen LogP contribution in [-0.2, 0) is 4.79 Å². The average Bonchev–Trinajstić information content (AvgIpc) is 2.40. The number of anilines is 1. The number of hydrogen-bond acceptors (Lipinski definition) is 4. The molecule has 1 aromatic carbocycles. The van der Waals surface area contributed by atoms with Crippen LogP contribution in [-0.4, -0.2) is 22.2 Å². The van der Waals surface area contributed by atoms with E-state index < -0.39 is 0 Å². The maximum atomic E-state index is 11.2. The number of benzene rings is 1. The Hall–Kier alpha value is -2.54. The summed E-state index contributed by atoms with van der Waals surface area (Å²) in [5.41, 5.74) is 9.07. The highest BCUT2D eigenvalue weighted by Crippen LogP contribution is 2.24. The van der Waals surface area contributed by atoms with Gasteiger partial charge in [-0.15, -0.1) is 0 Å². The van der Waals surface area contributed by atoms with E-state index in [9.17, 15) is 4.79 Å². The fourth-order valence-corrected chi connectivity index (χ4v) is 1.82. The minimum atomic E-state index is -0.145. The lowest BCUT2D eigenvalue weighted by atomic mass is 10.1. The van der Waals surface area contributed by atoms with Crippen LogP contribution in [0.5, 0.6) is 0 Å². The van der Waals surface area contributed by atoms with Gasteiger partial charge in [-0.1, -0.05) is 24.3 Å². The zero-order valence-corrected chi connectivity index (χ0v) is 11.6. The monoisotopic (exact) mass is 287 g/mol. The second-order valence-corrected chi connectivity index (χ2v) is 4.46. The van der Waals surface area contributed by atoms with Gasteiger partial charge in [-0.3, -0.25) is 15.2 Å². The van der Waals surface area contributed by atoms with Gasteiger partial charge in [0.05, 0.1) is 23.8 Å². The quantitative estimate of drug-likeness (QED) is 0.450. The van der Waals surface area contributed by atoms with Crippen LogP contribution in [0.1, 0.15) is 12.6 Å². The van der Waals surface area contributed by atoms with Crippen LogP contribution < -0.4 is 16.5 Å². The zero-order chi connectivity index (χ0) is 14.5. The van der Waals surface area contributed by atoms with Crippen molar-refractivity contribution in [3.8, 4) is 0 Å². The number of nitrogens with zero attached hydrogens (tertiary/aromatic N) is 2. The number of hydrogen-bond donors (Lipinski definition) is 3. The SMILES string of the molecule is CC(=O)Nc1cnc(/C=N\NC(N)=S)c2ccccc12. The molecule has 0 aliphatic carbocycles. The molecule has 0 saturated carbocycles. The first-order chi connectivity index (χ1) is 9.58. The number of rotatable bonds is 3. The van der Waals surface area contributed by atoms with Gasteiger partial charge in [0, 0.05) is 17.7 Å². The first-order valence-corrected chi connectivity index (χ1v) is 6.22. The van der Waals surface area contributed by atoms with E-state index in [0.717, 1.165) is 10.8 Å². The Balaban J connectivity index is 2.45. The molecule has 0 radical (unpaired) electrons. The lowest BCUT2D eigenvalue weighted by Gasteiger charge is -2.08. The Labute approximate surface area is 121 Å². The summed E-state index contributed by atoms with van der Waals surface area (Å²) in [6, 6.07) is 7.58. The van der Waals surface area contributed by atoms with E-state index in [1.54, 1.807) is 6.20 Å². The highest BCUT2D eigenvalue weighted by atomic mass is 32.1. The number of carbonyl (C=O) groups excluding carboxylic acids is 1. The number of pyridine rings is 1. The molecule has 0 aliphatic heterocycles. The van der Waals surface area contributed by atoms with E-state index in [1.807, 2.05) is 24.3 Å². The Morgan fingerprint density at radius 2 is 2.10 bits per heavy atom. The molecule has 0 saturated heterocycles. The number of fused-ring (bicyclic) bond motifs is 1. The molecule has 0 aliphatic rings. The molecule has 1 aromatic heterocycles. The van der Waals surface area contributed by atoms with Crippen molar-refractivity contribution in [1.82, 2.24) is 10.4 Å². The van der Waals surface area contributed by atoms with Gasteiger partial charge in [0.2, 0.25) is 5.91 Å². The number of thiocarbonyl (C=S) groups is 1. The van der Waals surface area contributed by atoms with Crippen molar-refractivity contribution >= 4 is 45.9 Å². The number of hydrazone groups is 1. The highest BCUT2D eigenvalue weighted by molar-refractivity contribution is 7.80. The molecule has 7 heteroatoms. The number of nitrogens with one attached hydrogen (secondary N) is 2. The van der Waals surface area contributed by atoms with Crippen molar-refractivity contribution in [3.63, 3.8) is 0 Å². The number of amides is 1. The average molecular weight is 287 g/mol. The molecule has 2 aromatic rings. The molecular formula is C13H13N5OS. The second-order valence-electron chi connectivity index (χ2n) is 4.02. The largest absolute Gasteiger partial charge is 0.375 e. The van der Waals surface area contributed by atoms with E-state index in [1.165, 1.54) is 13.1 Å². The molecular weight excluding hydrogens is 274 g/mol. The van der Waals surface area contributed by atoms with Crippen molar-refractivity contribution in [3.05, 3.63) is 36.2 Å². The molecule has 0 spiro atoms. The summed E-state index contributed by atoms with van der Waals surface area (Å²) in [6.45, 7) is 1.45. The van der Waals surface area contributed by atoms with Crippen LogP contribution in [0.2, 0.25) is 0 Å². The Morgan fingerprint density at radius 1 is 1.40 bits per heavy atom. The second kappa shape index (κ2) is 6.07. The summed E-state index contributed by atoms with van der Waals surface area (Å²) < 4.78 is 0. The van der Waals surface area contributed by atoms with Crippen molar-refractivity contribution in [2.24, 2.45) is 10.8 Å². The Kier molecular flexibility index (Phi) is 4.21. The molecule has 0 unspecified atom stereocenters. The molecule has 1 amide bonds. The smallest absolute Gasteiger partial charge is 0.221 e. The molecule has 20 heavy (non-hydrogen) atoms. The molecule has 0 fully saturated rings. The van der Waals surface area contributed by atoms with Gasteiger partial charge in [0.25, 0.3) is 0 Å². The van der Waals surface area contributed by atoms with Crippen molar-refractivity contribution in [1.29, 1.82) is 0 Å². The normalized spacial score (nSPS) is 10.7. The predicted octanol–water partition coefficient (Wildman–Crippen LogP) is 1.36. The number of carbonyl (C=O) groups is 1. The van der Waals surface area contributed by atoms with Gasteiger partial charge in [0.1, 0.15) is 0 Å². The zero-order valence-electron chi connectivity index (χ0n) is 10.8. The van der Waals surface area contributed by atoms with E-state index >= 15 is 0 Å². The highest BCUT2D eigenvalue weighted by Gasteiger charge is 2.06. The third kappa shape index (κ3) is 3.27. The molecule has 0 atom stereocenters. The van der Waals surface area contributed by atoms with E-state index in [4.69, 9.17) is 5.73 Å². The number of aromatic nitrogens is 1. The van der Waals surface area contributed by atoms with Crippen LogP contribution in [0.25, 0.3) is 10.8 Å². The summed E-state index contributed by atoms with van der Waals surface area (Å²) in [5.74, 6) is -0.145. The van der Waals surface area contributed by atoms with Crippen molar-refractivity contribution in [2.75, 3.05) is 5.32 Å². The van der Waals surface area contributed by atoms with E-state index in [-0.39, 0.29) is 11.0 Å². The minimum absolute atomic E-state index is 0.0837. The minimum Gasteiger partial charge on any atom is -0.375 e. The molecule has 6 nitrogen and oxygen atoms in total. The lowest BCUT2D eigenvalue weighted by molar-refractivity contribution is -0.114. The third-order valence-electron chi connectivity index (χ3n) is 2.50. The van der Waals surface area contributed by atoms with Gasteiger partial charge in [-0.25, -0.2) is 0 Å². The summed E-state index contributed by atoms with van der Waals surface area (Å²) in [5, 5.41) is 8.47. The van der Waals surface area contributed by atoms with Gasteiger partial charge in [0.15, 0.2) is 5.11 Å². The molecule has 102 valence electrons. The van der Waals surface area contributed by atoms with E-state index in [0.29, 0.717) is 11.4 Å². The summed E-state index contributed by atoms with van der Waals surface area (Å²) in [7, 11) is 0. The van der Waals surface area contributed by atoms with Gasteiger partial charge >= 0.3 is 0 Å². The van der Waals surface area contributed by atoms with Crippen LogP contribution in [0.3, 0.4) is 0 Å². The maximum absolute atomic E-state index is 11.2. The Bertz CT molecular complexity index is 698. The molecule has 4 N–H and O–H groups in total. The molecule has 0 bridgehead atoms. The van der Waals surface area contributed by atoms with Gasteiger partial charge < -0.3 is 11.1 Å². The third-order valence-corrected chi connectivity index (χ3v) is 2.59. The molecule has 2 rings (SSSR count). The summed E-state index contributed by atoms with van der Waals surface area (Å²) in [6.07, 6.45) is 3.12. The predicted molar refractivity (Wildman–Crippen MR) is 83.6 cm³/mol. The standard InChI is InChI=1S/C13H13N5OS/c1-8(19)17-12-6-15-11(7-16-18-13(14)20)9-4-2-3-5-10(9)12/h2-7H,1H3,(H,17,19)(H3,14,18,20)/b16-7-. The lowest BCUT2D eigenvalue weighted by Crippen LogP contribution is -2.24. The summed E-state index contributed by atoms with van der Waals surface area (Å²) >= 11 is 4.66. The van der Waals surface area contributed by atoms with Crippen LogP contribution in [0.4, 0.5) is 5.69 Å². The van der Waals surface area contributed by atoms with Crippen LogP contribution in [0.15, 0.2) is 35.6 Å². The Morgan fingerprint density at radius 3 is 2.75 bits per heavy atom. The van der Waals surface area contributed by atoms with Gasteiger partial charge in [-0.2, -0.15) is 5.10 Å². The first kappa shape index (κ1) is 13.9. The maximum Gasteiger partial charge on any atom is 0.221 e. The molecule has 1 heterocycles. The fourth-order valence-electron chi connectivity index (χ4n) is 1.76. The van der Waals surface area contributed by atoms with Crippen molar-refractivity contribution in [2.45, 2.75) is 6.92 Å². The van der Waals surface area contributed by atoms with Crippen LogP contribution in [0, 0.1) is 0 Å². The number of nitrogens with two attached hydrogens (primary N) is 1. The fraction of sp³-hybridized carbons (Fsp3) is 0.0769. The van der Waals surface area contributed by atoms with Crippen molar-refractivity contribution < 1.29 is 4.79 Å². The van der Waals surface area contributed by atoms with Gasteiger partial charge in [-0.05, 0) is 12.2 Å². The van der Waals surface area contributed by atoms with Crippen LogP contribution >= 0.6 is 12.2 Å². The van der Waals surface area contributed by atoms with E-state index in [2.05, 4.69) is 33.0 Å². The summed E-state index contributed by atoms with van der Waals surface area (Å²) in [4.78, 5) is 15.5.